The van der Waals surface area contributed by atoms with Gasteiger partial charge in [0.05, 0.1) is 0 Å². The predicted octanol–water partition coefficient (Wildman–Crippen LogP) is 4.46. The van der Waals surface area contributed by atoms with Crippen molar-refractivity contribution in [2.24, 2.45) is 10.7 Å². The largest absolute Gasteiger partial charge is 0.442 e. The highest BCUT2D eigenvalue weighted by Gasteiger charge is 2.17. The van der Waals surface area contributed by atoms with Crippen LogP contribution in [0.25, 0.3) is 0 Å². The first-order chi connectivity index (χ1) is 10.1. The predicted molar refractivity (Wildman–Crippen MR) is 87.0 cm³/mol. The third kappa shape index (κ3) is 5.64. The molecule has 0 fully saturated rings. The number of amides is 1. The number of nitrogens with zero attached hydrogens (tertiary/aromatic N) is 1. The Kier molecular flexibility index (Phi) is 6.35. The zero-order valence-corrected chi connectivity index (χ0v) is 14.1. The van der Waals surface area contributed by atoms with Crippen LogP contribution in [0.15, 0.2) is 17.1 Å². The first-order valence-electron chi connectivity index (χ1n) is 7.19. The molecule has 122 valence electrons. The van der Waals surface area contributed by atoms with Gasteiger partial charge < -0.3 is 10.5 Å². The Morgan fingerprint density at radius 3 is 2.55 bits per heavy atom. The fraction of sp³-hybridized carbons (Fsp3) is 0.500. The van der Waals surface area contributed by atoms with Crippen LogP contribution in [0, 0.1) is 5.82 Å². The maximum absolute atomic E-state index is 14.1. The molecule has 0 bridgehead atoms. The van der Waals surface area contributed by atoms with Crippen molar-refractivity contribution in [3.8, 4) is 0 Å². The molecule has 0 aliphatic heterocycles. The summed E-state index contributed by atoms with van der Waals surface area (Å²) in [5.41, 5.74) is 5.77. The van der Waals surface area contributed by atoms with Crippen molar-refractivity contribution in [2.45, 2.75) is 52.6 Å². The van der Waals surface area contributed by atoms with Crippen molar-refractivity contribution in [1.29, 1.82) is 0 Å². The van der Waals surface area contributed by atoms with Gasteiger partial charge in [-0.3, -0.25) is 0 Å². The van der Waals surface area contributed by atoms with Crippen molar-refractivity contribution in [3.05, 3.63) is 34.1 Å². The third-order valence-electron chi connectivity index (χ3n) is 2.82. The van der Waals surface area contributed by atoms with Gasteiger partial charge in [-0.05, 0) is 45.7 Å². The van der Waals surface area contributed by atoms with Crippen LogP contribution >= 0.6 is 11.6 Å². The molecule has 0 saturated heterocycles. The molecule has 1 aromatic carbocycles. The number of halogens is 2. The van der Waals surface area contributed by atoms with Gasteiger partial charge in [-0.1, -0.05) is 24.9 Å². The molecule has 0 heterocycles. The van der Waals surface area contributed by atoms with E-state index in [0.717, 1.165) is 12.8 Å². The summed E-state index contributed by atoms with van der Waals surface area (Å²) in [6, 6.07) is 2.75. The Hall–Kier alpha value is -1.62. The molecular formula is C16H22ClFN2O2. The zero-order chi connectivity index (χ0) is 16.9. The molecule has 0 aromatic heterocycles. The molecule has 0 unspecified atom stereocenters. The van der Waals surface area contributed by atoms with E-state index < -0.39 is 17.5 Å². The zero-order valence-electron chi connectivity index (χ0n) is 13.4. The van der Waals surface area contributed by atoms with Crippen LogP contribution in [0.4, 0.5) is 9.18 Å². The van der Waals surface area contributed by atoms with Crippen LogP contribution in [-0.4, -0.2) is 17.5 Å². The Morgan fingerprint density at radius 2 is 2.05 bits per heavy atom. The summed E-state index contributed by atoms with van der Waals surface area (Å²) in [6.45, 7) is 7.17. The van der Waals surface area contributed by atoms with Gasteiger partial charge in [0.25, 0.3) is 0 Å². The van der Waals surface area contributed by atoms with E-state index in [9.17, 15) is 9.18 Å². The van der Waals surface area contributed by atoms with Gasteiger partial charge in [0, 0.05) is 16.1 Å². The summed E-state index contributed by atoms with van der Waals surface area (Å²) < 4.78 is 19.1. The first kappa shape index (κ1) is 18.4. The van der Waals surface area contributed by atoms with Crippen LogP contribution < -0.4 is 5.73 Å². The van der Waals surface area contributed by atoms with E-state index in [4.69, 9.17) is 22.1 Å². The van der Waals surface area contributed by atoms with E-state index in [1.54, 1.807) is 20.8 Å². The number of rotatable bonds is 4. The Bertz CT molecular complexity index is 557. The minimum atomic E-state index is -0.823. The summed E-state index contributed by atoms with van der Waals surface area (Å²) in [5, 5.41) is 0.283. The van der Waals surface area contributed by atoms with Gasteiger partial charge >= 0.3 is 6.09 Å². The van der Waals surface area contributed by atoms with Crippen LogP contribution in [0.1, 0.15) is 51.7 Å². The van der Waals surface area contributed by atoms with Gasteiger partial charge in [0.1, 0.15) is 17.3 Å². The second-order valence-corrected chi connectivity index (χ2v) is 6.41. The number of ether oxygens (including phenoxy) is 1. The minimum Gasteiger partial charge on any atom is -0.442 e. The highest BCUT2D eigenvalue weighted by atomic mass is 35.5. The standard InChI is InChI=1S/C16H22ClFN2O2/c1-5-6-7-11-12(17)8-10(9-13(11)18)14(19)20-15(21)22-16(2,3)4/h8-9H,5-7H2,1-4H3,(H2,19,20,21). The molecule has 22 heavy (non-hydrogen) atoms. The van der Waals surface area contributed by atoms with Gasteiger partial charge in [-0.15, -0.1) is 0 Å². The summed E-state index contributed by atoms with van der Waals surface area (Å²) in [6.07, 6.45) is 1.53. The minimum absolute atomic E-state index is 0.128. The second kappa shape index (κ2) is 7.58. The lowest BCUT2D eigenvalue weighted by molar-refractivity contribution is 0.0604. The Balaban J connectivity index is 2.99. The number of aliphatic imine (C=N–C) groups is 1. The van der Waals surface area contributed by atoms with Crippen molar-refractivity contribution in [2.75, 3.05) is 0 Å². The number of hydrogen-bond acceptors (Lipinski definition) is 2. The van der Waals surface area contributed by atoms with Crippen molar-refractivity contribution in [1.82, 2.24) is 0 Å². The van der Waals surface area contributed by atoms with Crippen molar-refractivity contribution >= 4 is 23.5 Å². The maximum atomic E-state index is 14.1. The molecule has 2 N–H and O–H groups in total. The van der Waals surface area contributed by atoms with Crippen molar-refractivity contribution < 1.29 is 13.9 Å². The monoisotopic (exact) mass is 328 g/mol. The van der Waals surface area contributed by atoms with E-state index in [2.05, 4.69) is 4.99 Å². The lowest BCUT2D eigenvalue weighted by atomic mass is 10.0. The molecule has 0 atom stereocenters. The molecule has 6 heteroatoms. The normalized spacial score (nSPS) is 12.4. The number of carbonyl (C=O) groups is 1. The van der Waals surface area contributed by atoms with Gasteiger partial charge in [-0.25, -0.2) is 9.18 Å². The molecule has 1 amide bonds. The smallest absolute Gasteiger partial charge is 0.436 e. The molecule has 0 saturated carbocycles. The molecular weight excluding hydrogens is 307 g/mol. The lowest BCUT2D eigenvalue weighted by Gasteiger charge is -2.17. The molecule has 1 rings (SSSR count). The van der Waals surface area contributed by atoms with E-state index in [0.29, 0.717) is 12.0 Å². The molecule has 0 spiro atoms. The highest BCUT2D eigenvalue weighted by molar-refractivity contribution is 6.31. The van der Waals surface area contributed by atoms with E-state index in [-0.39, 0.29) is 16.4 Å². The van der Waals surface area contributed by atoms with Crippen molar-refractivity contribution in [3.63, 3.8) is 0 Å². The first-order valence-corrected chi connectivity index (χ1v) is 7.57. The van der Waals surface area contributed by atoms with E-state index in [1.807, 2.05) is 6.92 Å². The molecule has 4 nitrogen and oxygen atoms in total. The lowest BCUT2D eigenvalue weighted by Crippen LogP contribution is -2.24. The number of hydrogen-bond donors (Lipinski definition) is 1. The van der Waals surface area contributed by atoms with Gasteiger partial charge in [0.15, 0.2) is 0 Å². The van der Waals surface area contributed by atoms with Crippen LogP contribution in [0.5, 0.6) is 0 Å². The molecule has 0 aliphatic carbocycles. The SMILES string of the molecule is CCCCc1c(F)cc(/C(N)=N/C(=O)OC(C)(C)C)cc1Cl. The number of amidine groups is 1. The summed E-state index contributed by atoms with van der Waals surface area (Å²) >= 11 is 6.09. The van der Waals surface area contributed by atoms with Crippen LogP contribution in [0.2, 0.25) is 5.02 Å². The fourth-order valence-electron chi connectivity index (χ4n) is 1.79. The summed E-state index contributed by atoms with van der Waals surface area (Å²) in [4.78, 5) is 15.2. The number of nitrogens with two attached hydrogens (primary N) is 1. The van der Waals surface area contributed by atoms with Crippen LogP contribution in [0.3, 0.4) is 0 Å². The summed E-state index contributed by atoms with van der Waals surface area (Å²) in [5.74, 6) is -0.574. The second-order valence-electron chi connectivity index (χ2n) is 6.00. The quantitative estimate of drug-likeness (QED) is 0.655. The van der Waals surface area contributed by atoms with Gasteiger partial charge in [-0.2, -0.15) is 4.99 Å². The maximum Gasteiger partial charge on any atom is 0.436 e. The van der Waals surface area contributed by atoms with Crippen LogP contribution in [-0.2, 0) is 11.2 Å². The average molecular weight is 329 g/mol. The topological polar surface area (TPSA) is 64.7 Å². The third-order valence-corrected chi connectivity index (χ3v) is 3.16. The number of unbranched alkanes of at least 4 members (excludes halogenated alkanes) is 1. The number of carbonyl (C=O) groups excluding carboxylic acids is 1. The summed E-state index contributed by atoms with van der Waals surface area (Å²) in [7, 11) is 0. The molecule has 0 radical (unpaired) electrons. The fourth-order valence-corrected chi connectivity index (χ4v) is 2.09. The molecule has 1 aromatic rings. The average Bonchev–Trinajstić information content (AvgIpc) is 2.35. The number of benzene rings is 1. The Morgan fingerprint density at radius 1 is 1.41 bits per heavy atom. The van der Waals surface area contributed by atoms with Gasteiger partial charge in [0.2, 0.25) is 0 Å². The van der Waals surface area contributed by atoms with E-state index >= 15 is 0 Å². The molecule has 0 aliphatic rings. The Labute approximate surface area is 135 Å². The highest BCUT2D eigenvalue weighted by Crippen LogP contribution is 2.23. The van der Waals surface area contributed by atoms with E-state index in [1.165, 1.54) is 12.1 Å².